The molecule has 1 unspecified atom stereocenters. The second-order valence-electron chi connectivity index (χ2n) is 5.80. The van der Waals surface area contributed by atoms with Crippen molar-refractivity contribution in [1.82, 2.24) is 0 Å². The van der Waals surface area contributed by atoms with Crippen molar-refractivity contribution in [3.05, 3.63) is 24.3 Å². The summed E-state index contributed by atoms with van der Waals surface area (Å²) in [4.78, 5) is 2.48. The molecule has 20 heavy (non-hydrogen) atoms. The average molecular weight is 276 g/mol. The number of ether oxygens (including phenoxy) is 2. The summed E-state index contributed by atoms with van der Waals surface area (Å²) in [5.41, 5.74) is 2.41. The summed E-state index contributed by atoms with van der Waals surface area (Å²) in [6.07, 6.45) is 2.57. The molecule has 0 amide bonds. The number of nitrogens with zero attached hydrogens (tertiary/aromatic N) is 1. The van der Waals surface area contributed by atoms with Gasteiger partial charge in [0.2, 0.25) is 0 Å². The second kappa shape index (κ2) is 6.46. The van der Waals surface area contributed by atoms with Gasteiger partial charge < -0.3 is 19.7 Å². The van der Waals surface area contributed by atoms with Crippen LogP contribution in [0.15, 0.2) is 24.3 Å². The first-order valence-electron chi connectivity index (χ1n) is 7.62. The smallest absolute Gasteiger partial charge is 0.151 e. The number of anilines is 2. The average Bonchev–Trinajstić information content (AvgIpc) is 2.50. The predicted octanol–water partition coefficient (Wildman–Crippen LogP) is 2.71. The normalized spacial score (nSPS) is 24.6. The largest absolute Gasteiger partial charge is 0.374 e. The van der Waals surface area contributed by atoms with Gasteiger partial charge in [-0.1, -0.05) is 6.92 Å². The molecule has 1 aromatic carbocycles. The Labute approximate surface area is 121 Å². The number of piperidine rings is 1. The topological polar surface area (TPSA) is 33.7 Å². The Morgan fingerprint density at radius 3 is 2.50 bits per heavy atom. The summed E-state index contributed by atoms with van der Waals surface area (Å²) in [5.74, 6) is 0.871. The highest BCUT2D eigenvalue weighted by molar-refractivity contribution is 5.55. The fourth-order valence-electron chi connectivity index (χ4n) is 2.79. The highest BCUT2D eigenvalue weighted by atomic mass is 16.6. The number of rotatable bonds is 3. The number of hydrogen-bond donors (Lipinski definition) is 1. The molecule has 2 aliphatic rings. The van der Waals surface area contributed by atoms with E-state index in [1.807, 2.05) is 0 Å². The molecule has 0 aromatic heterocycles. The van der Waals surface area contributed by atoms with Crippen molar-refractivity contribution in [3.63, 3.8) is 0 Å². The number of benzene rings is 1. The Bertz CT molecular complexity index is 407. The van der Waals surface area contributed by atoms with Gasteiger partial charge in [0.15, 0.2) is 6.23 Å². The van der Waals surface area contributed by atoms with Crippen LogP contribution in [0.1, 0.15) is 19.8 Å². The van der Waals surface area contributed by atoms with Gasteiger partial charge in [0, 0.05) is 24.5 Å². The van der Waals surface area contributed by atoms with Gasteiger partial charge in [0.1, 0.15) is 0 Å². The molecular formula is C16H24N2O2. The zero-order chi connectivity index (χ0) is 13.8. The molecule has 0 spiro atoms. The van der Waals surface area contributed by atoms with Gasteiger partial charge in [0.05, 0.1) is 19.8 Å². The lowest BCUT2D eigenvalue weighted by Crippen LogP contribution is -2.35. The molecule has 4 nitrogen and oxygen atoms in total. The van der Waals surface area contributed by atoms with Gasteiger partial charge in [-0.25, -0.2) is 0 Å². The highest BCUT2D eigenvalue weighted by Gasteiger charge is 2.16. The maximum Gasteiger partial charge on any atom is 0.151 e. The van der Waals surface area contributed by atoms with E-state index in [0.29, 0.717) is 19.8 Å². The third-order valence-electron chi connectivity index (χ3n) is 4.16. The number of hydrogen-bond acceptors (Lipinski definition) is 4. The molecule has 3 rings (SSSR count). The maximum atomic E-state index is 5.59. The lowest BCUT2D eigenvalue weighted by atomic mass is 9.99. The van der Waals surface area contributed by atoms with Crippen molar-refractivity contribution in [2.24, 2.45) is 5.92 Å². The van der Waals surface area contributed by atoms with E-state index in [0.717, 1.165) is 11.6 Å². The molecule has 1 N–H and O–H groups in total. The van der Waals surface area contributed by atoms with Gasteiger partial charge >= 0.3 is 0 Å². The molecule has 1 aromatic rings. The molecule has 0 aliphatic carbocycles. The van der Waals surface area contributed by atoms with Crippen molar-refractivity contribution in [2.75, 3.05) is 43.1 Å². The van der Waals surface area contributed by atoms with Gasteiger partial charge in [-0.2, -0.15) is 0 Å². The molecule has 2 aliphatic heterocycles. The van der Waals surface area contributed by atoms with E-state index in [1.54, 1.807) is 0 Å². The van der Waals surface area contributed by atoms with Crippen LogP contribution < -0.4 is 10.2 Å². The highest BCUT2D eigenvalue weighted by Crippen LogP contribution is 2.24. The summed E-state index contributed by atoms with van der Waals surface area (Å²) in [5, 5.41) is 3.35. The van der Waals surface area contributed by atoms with Crippen LogP contribution in [0.3, 0.4) is 0 Å². The summed E-state index contributed by atoms with van der Waals surface area (Å²) in [7, 11) is 0. The minimum absolute atomic E-state index is 0.0227. The van der Waals surface area contributed by atoms with E-state index in [4.69, 9.17) is 9.47 Å². The molecule has 2 heterocycles. The summed E-state index contributed by atoms with van der Waals surface area (Å²) in [6, 6.07) is 8.65. The minimum Gasteiger partial charge on any atom is -0.374 e. The first-order valence-corrected chi connectivity index (χ1v) is 7.62. The van der Waals surface area contributed by atoms with Gasteiger partial charge in [-0.05, 0) is 43.0 Å². The van der Waals surface area contributed by atoms with E-state index in [2.05, 4.69) is 41.4 Å². The van der Waals surface area contributed by atoms with E-state index < -0.39 is 0 Å². The lowest BCUT2D eigenvalue weighted by Gasteiger charge is -2.32. The van der Waals surface area contributed by atoms with E-state index in [9.17, 15) is 0 Å². The summed E-state index contributed by atoms with van der Waals surface area (Å²) in [6.45, 7) is 6.68. The Hall–Kier alpha value is -1.26. The predicted molar refractivity (Wildman–Crippen MR) is 81.2 cm³/mol. The Morgan fingerprint density at radius 2 is 1.85 bits per heavy atom. The Kier molecular flexibility index (Phi) is 4.43. The Balaban J connectivity index is 1.56. The zero-order valence-electron chi connectivity index (χ0n) is 12.2. The van der Waals surface area contributed by atoms with E-state index >= 15 is 0 Å². The van der Waals surface area contributed by atoms with Crippen molar-refractivity contribution in [2.45, 2.75) is 26.0 Å². The van der Waals surface area contributed by atoms with Crippen LogP contribution in [0.4, 0.5) is 11.4 Å². The molecule has 0 saturated carbocycles. The van der Waals surface area contributed by atoms with E-state index in [1.165, 1.54) is 31.6 Å². The van der Waals surface area contributed by atoms with Crippen molar-refractivity contribution >= 4 is 11.4 Å². The van der Waals surface area contributed by atoms with Gasteiger partial charge in [-0.15, -0.1) is 0 Å². The second-order valence-corrected chi connectivity index (χ2v) is 5.80. The van der Waals surface area contributed by atoms with Crippen LogP contribution in [0.25, 0.3) is 0 Å². The van der Waals surface area contributed by atoms with Crippen LogP contribution in [-0.2, 0) is 9.47 Å². The standard InChI is InChI=1S/C16H24N2O2/c1-13-6-8-18(9-7-13)15-4-2-14(3-5-15)17-16-12-19-10-11-20-16/h2-5,13,16-17H,6-12H2,1H3. The Morgan fingerprint density at radius 1 is 1.10 bits per heavy atom. The fourth-order valence-corrected chi connectivity index (χ4v) is 2.79. The first-order chi connectivity index (χ1) is 9.81. The third kappa shape index (κ3) is 3.44. The SMILES string of the molecule is CC1CCN(c2ccc(NC3COCCO3)cc2)CC1. The summed E-state index contributed by atoms with van der Waals surface area (Å²) >= 11 is 0. The van der Waals surface area contributed by atoms with E-state index in [-0.39, 0.29) is 6.23 Å². The summed E-state index contributed by atoms with van der Waals surface area (Å²) < 4.78 is 11.0. The van der Waals surface area contributed by atoms with Crippen LogP contribution >= 0.6 is 0 Å². The fraction of sp³-hybridized carbons (Fsp3) is 0.625. The van der Waals surface area contributed by atoms with Crippen LogP contribution in [0.5, 0.6) is 0 Å². The zero-order valence-corrected chi connectivity index (χ0v) is 12.2. The first kappa shape index (κ1) is 13.7. The third-order valence-corrected chi connectivity index (χ3v) is 4.16. The molecule has 2 fully saturated rings. The minimum atomic E-state index is -0.0227. The quantitative estimate of drug-likeness (QED) is 0.920. The van der Waals surface area contributed by atoms with Crippen molar-refractivity contribution in [1.29, 1.82) is 0 Å². The lowest BCUT2D eigenvalue weighted by molar-refractivity contribution is -0.0756. The van der Waals surface area contributed by atoms with Crippen molar-refractivity contribution in [3.8, 4) is 0 Å². The van der Waals surface area contributed by atoms with Crippen LogP contribution in [0.2, 0.25) is 0 Å². The molecule has 0 radical (unpaired) electrons. The molecule has 2 saturated heterocycles. The number of nitrogens with one attached hydrogen (secondary N) is 1. The van der Waals surface area contributed by atoms with Gasteiger partial charge in [0.25, 0.3) is 0 Å². The van der Waals surface area contributed by atoms with Gasteiger partial charge in [-0.3, -0.25) is 0 Å². The monoisotopic (exact) mass is 276 g/mol. The molecule has 0 bridgehead atoms. The van der Waals surface area contributed by atoms with Crippen LogP contribution in [-0.4, -0.2) is 39.1 Å². The van der Waals surface area contributed by atoms with Crippen molar-refractivity contribution < 1.29 is 9.47 Å². The van der Waals surface area contributed by atoms with Crippen LogP contribution in [0, 0.1) is 5.92 Å². The molecular weight excluding hydrogens is 252 g/mol. The molecule has 1 atom stereocenters. The molecule has 4 heteroatoms. The molecule has 110 valence electrons. The maximum absolute atomic E-state index is 5.59.